The number of rotatable bonds is 2. The average molecular weight is 237 g/mol. The molecule has 0 spiro atoms. The van der Waals surface area contributed by atoms with Crippen LogP contribution in [0.1, 0.15) is 0 Å². The van der Waals surface area contributed by atoms with E-state index < -0.39 is 11.8 Å². The number of H-pyrrole nitrogens is 1. The Labute approximate surface area is 95.9 Å². The summed E-state index contributed by atoms with van der Waals surface area (Å²) in [7, 11) is 2.74. The Morgan fingerprint density at radius 1 is 1.41 bits per heavy atom. The molecule has 2 aromatic rings. The first kappa shape index (κ1) is 11.1. The van der Waals surface area contributed by atoms with Crippen molar-refractivity contribution in [3.8, 4) is 5.75 Å². The number of hydrogen-bond donors (Lipinski definition) is 2. The maximum atomic E-state index is 11.6. The van der Waals surface area contributed by atoms with Gasteiger partial charge in [-0.25, -0.2) is 15.0 Å². The number of aromatic amines is 1. The molecule has 17 heavy (non-hydrogen) atoms. The van der Waals surface area contributed by atoms with Crippen molar-refractivity contribution in [2.24, 2.45) is 0 Å². The lowest BCUT2D eigenvalue weighted by molar-refractivity contribution is 0.183. The number of ether oxygens (including phenoxy) is 2. The number of nitrogens with one attached hydrogen (secondary N) is 2. The second kappa shape index (κ2) is 4.20. The molecule has 0 fully saturated rings. The molecule has 7 nitrogen and oxygen atoms in total. The smallest absolute Gasteiger partial charge is 0.426 e. The predicted octanol–water partition coefficient (Wildman–Crippen LogP) is 0.648. The van der Waals surface area contributed by atoms with E-state index in [0.717, 1.165) is 4.68 Å². The predicted molar refractivity (Wildman–Crippen MR) is 60.9 cm³/mol. The highest BCUT2D eigenvalue weighted by atomic mass is 16.5. The van der Waals surface area contributed by atoms with Gasteiger partial charge in [0.2, 0.25) is 0 Å². The van der Waals surface area contributed by atoms with Crippen LogP contribution in [0.4, 0.5) is 4.79 Å². The number of amides is 1. The largest absolute Gasteiger partial charge is 0.497 e. The summed E-state index contributed by atoms with van der Waals surface area (Å²) < 4.78 is 10.5. The van der Waals surface area contributed by atoms with Crippen LogP contribution < -0.4 is 15.9 Å². The SMILES string of the molecule is COC(=O)Nn1c(=O)[nH]c2ccc(OC)cc21. The third-order valence-electron chi connectivity index (χ3n) is 2.28. The van der Waals surface area contributed by atoms with Crippen molar-refractivity contribution in [1.29, 1.82) is 0 Å². The van der Waals surface area contributed by atoms with Gasteiger partial charge in [-0.05, 0) is 12.1 Å². The van der Waals surface area contributed by atoms with Crippen LogP contribution in [-0.4, -0.2) is 30.0 Å². The van der Waals surface area contributed by atoms with Crippen LogP contribution in [0.2, 0.25) is 0 Å². The monoisotopic (exact) mass is 237 g/mol. The summed E-state index contributed by atoms with van der Waals surface area (Å²) >= 11 is 0. The van der Waals surface area contributed by atoms with Crippen molar-refractivity contribution in [3.05, 3.63) is 28.7 Å². The van der Waals surface area contributed by atoms with E-state index in [4.69, 9.17) is 4.74 Å². The molecule has 0 atom stereocenters. The lowest BCUT2D eigenvalue weighted by Gasteiger charge is -2.05. The van der Waals surface area contributed by atoms with Crippen molar-refractivity contribution in [3.63, 3.8) is 0 Å². The van der Waals surface area contributed by atoms with Gasteiger partial charge in [-0.2, -0.15) is 4.68 Å². The average Bonchev–Trinajstić information content (AvgIpc) is 2.65. The second-order valence-corrected chi connectivity index (χ2v) is 3.25. The van der Waals surface area contributed by atoms with Crippen LogP contribution in [0, 0.1) is 0 Å². The highest BCUT2D eigenvalue weighted by molar-refractivity contribution is 5.82. The molecule has 0 radical (unpaired) electrons. The van der Waals surface area contributed by atoms with Gasteiger partial charge < -0.3 is 14.5 Å². The standard InChI is InChI=1S/C10H11N3O4/c1-16-6-3-4-7-8(5-6)13(9(14)11-7)12-10(15)17-2/h3-5H,1-2H3,(H,11,14)(H,12,15). The van der Waals surface area contributed by atoms with Gasteiger partial charge in [-0.1, -0.05) is 0 Å². The van der Waals surface area contributed by atoms with Gasteiger partial charge in [0.1, 0.15) is 5.75 Å². The number of hydrogen-bond acceptors (Lipinski definition) is 4. The molecule has 2 rings (SSSR count). The first-order chi connectivity index (χ1) is 8.15. The van der Waals surface area contributed by atoms with Gasteiger partial charge in [-0.15, -0.1) is 0 Å². The molecular formula is C10H11N3O4. The van der Waals surface area contributed by atoms with Gasteiger partial charge in [-0.3, -0.25) is 0 Å². The number of aromatic nitrogens is 2. The van der Waals surface area contributed by atoms with E-state index in [1.165, 1.54) is 14.2 Å². The summed E-state index contributed by atoms with van der Waals surface area (Å²) in [5.41, 5.74) is 2.92. The Morgan fingerprint density at radius 2 is 2.18 bits per heavy atom. The fourth-order valence-electron chi connectivity index (χ4n) is 1.46. The summed E-state index contributed by atoms with van der Waals surface area (Å²) in [6, 6.07) is 5.02. The highest BCUT2D eigenvalue weighted by Gasteiger charge is 2.10. The molecule has 1 amide bonds. The number of benzene rings is 1. The maximum absolute atomic E-state index is 11.6. The van der Waals surface area contributed by atoms with Gasteiger partial charge in [0.25, 0.3) is 0 Å². The summed E-state index contributed by atoms with van der Waals surface area (Å²) in [4.78, 5) is 25.3. The molecule has 0 saturated carbocycles. The number of fused-ring (bicyclic) bond motifs is 1. The van der Waals surface area contributed by atoms with Crippen LogP contribution in [0.3, 0.4) is 0 Å². The zero-order valence-corrected chi connectivity index (χ0v) is 9.31. The number of carbonyl (C=O) groups is 1. The third kappa shape index (κ3) is 1.94. The van der Waals surface area contributed by atoms with Gasteiger partial charge >= 0.3 is 11.8 Å². The van der Waals surface area contributed by atoms with Crippen molar-refractivity contribution >= 4 is 17.1 Å². The molecule has 1 heterocycles. The van der Waals surface area contributed by atoms with E-state index in [1.807, 2.05) is 0 Å². The van der Waals surface area contributed by atoms with E-state index in [-0.39, 0.29) is 0 Å². The Bertz CT molecular complexity index is 614. The van der Waals surface area contributed by atoms with Crippen LogP contribution in [-0.2, 0) is 4.74 Å². The first-order valence-electron chi connectivity index (χ1n) is 4.79. The molecule has 0 unspecified atom stereocenters. The van der Waals surface area contributed by atoms with Gasteiger partial charge in [0.05, 0.1) is 25.3 Å². The normalized spacial score (nSPS) is 10.2. The summed E-state index contributed by atoms with van der Waals surface area (Å²) in [6.07, 6.45) is -0.726. The Morgan fingerprint density at radius 3 is 2.82 bits per heavy atom. The lowest BCUT2D eigenvalue weighted by atomic mass is 10.3. The Kier molecular flexibility index (Phi) is 2.73. The fraction of sp³-hybridized carbons (Fsp3) is 0.200. The third-order valence-corrected chi connectivity index (χ3v) is 2.28. The van der Waals surface area contributed by atoms with E-state index in [1.54, 1.807) is 18.2 Å². The number of methoxy groups -OCH3 is 2. The van der Waals surface area contributed by atoms with Crippen LogP contribution in [0.25, 0.3) is 11.0 Å². The van der Waals surface area contributed by atoms with E-state index in [2.05, 4.69) is 15.1 Å². The second-order valence-electron chi connectivity index (χ2n) is 3.25. The van der Waals surface area contributed by atoms with Crippen molar-refractivity contribution in [2.75, 3.05) is 19.6 Å². The van der Waals surface area contributed by atoms with Crippen LogP contribution in [0.5, 0.6) is 5.75 Å². The van der Waals surface area contributed by atoms with E-state index in [0.29, 0.717) is 16.8 Å². The summed E-state index contributed by atoms with van der Waals surface area (Å²) in [5.74, 6) is 0.580. The number of carbonyl (C=O) groups excluding carboxylic acids is 1. The topological polar surface area (TPSA) is 85.4 Å². The molecule has 0 aliphatic carbocycles. The zero-order chi connectivity index (χ0) is 12.4. The molecule has 1 aromatic heterocycles. The summed E-state index contributed by atoms with van der Waals surface area (Å²) in [6.45, 7) is 0. The molecule has 2 N–H and O–H groups in total. The minimum absolute atomic E-state index is 0.460. The van der Waals surface area contributed by atoms with Crippen LogP contribution in [0.15, 0.2) is 23.0 Å². The minimum Gasteiger partial charge on any atom is -0.497 e. The number of nitrogens with zero attached hydrogens (tertiary/aromatic N) is 1. The minimum atomic E-state index is -0.726. The maximum Gasteiger partial charge on any atom is 0.426 e. The number of imidazole rings is 1. The highest BCUT2D eigenvalue weighted by Crippen LogP contribution is 2.17. The lowest BCUT2D eigenvalue weighted by Crippen LogP contribution is -2.31. The van der Waals surface area contributed by atoms with Crippen molar-refractivity contribution < 1.29 is 14.3 Å². The molecule has 0 saturated heterocycles. The molecular weight excluding hydrogens is 226 g/mol. The molecule has 7 heteroatoms. The van der Waals surface area contributed by atoms with Gasteiger partial charge in [0.15, 0.2) is 0 Å². The van der Waals surface area contributed by atoms with E-state index >= 15 is 0 Å². The van der Waals surface area contributed by atoms with E-state index in [9.17, 15) is 9.59 Å². The fourth-order valence-corrected chi connectivity index (χ4v) is 1.46. The molecule has 1 aromatic carbocycles. The Hall–Kier alpha value is -2.44. The summed E-state index contributed by atoms with van der Waals surface area (Å²) in [5, 5.41) is 0. The zero-order valence-electron chi connectivity index (χ0n) is 9.31. The molecule has 0 aliphatic rings. The van der Waals surface area contributed by atoms with Crippen molar-refractivity contribution in [1.82, 2.24) is 9.66 Å². The quantitative estimate of drug-likeness (QED) is 0.803. The first-order valence-corrected chi connectivity index (χ1v) is 4.79. The molecule has 0 aliphatic heterocycles. The van der Waals surface area contributed by atoms with Crippen LogP contribution >= 0.6 is 0 Å². The van der Waals surface area contributed by atoms with Crippen molar-refractivity contribution in [2.45, 2.75) is 0 Å². The molecule has 90 valence electrons. The molecule has 0 bridgehead atoms. The van der Waals surface area contributed by atoms with Gasteiger partial charge in [0, 0.05) is 6.07 Å². The Balaban J connectivity index is 2.56.